The van der Waals surface area contributed by atoms with E-state index in [0.29, 0.717) is 6.42 Å². The number of hydrogen-bond acceptors (Lipinski definition) is 3. The van der Waals surface area contributed by atoms with Crippen LogP contribution >= 0.6 is 11.6 Å². The second-order valence-corrected chi connectivity index (χ2v) is 7.92. The summed E-state index contributed by atoms with van der Waals surface area (Å²) in [6.07, 6.45) is 8.39. The van der Waals surface area contributed by atoms with Crippen molar-refractivity contribution < 1.29 is 14.3 Å². The summed E-state index contributed by atoms with van der Waals surface area (Å²) in [6, 6.07) is 0. The van der Waals surface area contributed by atoms with Crippen molar-refractivity contribution in [3.8, 4) is 0 Å². The van der Waals surface area contributed by atoms with Crippen molar-refractivity contribution in [2.45, 2.75) is 50.3 Å². The van der Waals surface area contributed by atoms with Crippen molar-refractivity contribution in [1.82, 2.24) is 5.32 Å². The van der Waals surface area contributed by atoms with E-state index in [4.69, 9.17) is 11.6 Å². The molecule has 1 atom stereocenters. The van der Waals surface area contributed by atoms with Crippen LogP contribution in [0.3, 0.4) is 0 Å². The third-order valence-corrected chi connectivity index (χ3v) is 5.97. The molecule has 118 valence electrons. The van der Waals surface area contributed by atoms with Gasteiger partial charge in [0, 0.05) is 13.0 Å². The molecular weight excluding hydrogens is 290 g/mol. The fourth-order valence-electron chi connectivity index (χ4n) is 5.32. The van der Waals surface area contributed by atoms with Crippen molar-refractivity contribution in [1.29, 1.82) is 0 Å². The molecule has 0 aromatic carbocycles. The predicted octanol–water partition coefficient (Wildman–Crippen LogP) is 2.49. The van der Waals surface area contributed by atoms with Crippen LogP contribution in [0, 0.1) is 23.2 Å². The molecule has 1 unspecified atom stereocenters. The smallest absolute Gasteiger partial charge is 0.325 e. The van der Waals surface area contributed by atoms with Gasteiger partial charge in [-0.1, -0.05) is 0 Å². The SMILES string of the molecule is COC(=O)C(Cl)CNC(=O)CC12CC3CC(CC(C3)C1)C2. The molecule has 4 nitrogen and oxygen atoms in total. The van der Waals surface area contributed by atoms with E-state index in [0.717, 1.165) is 17.8 Å². The highest BCUT2D eigenvalue weighted by Crippen LogP contribution is 2.61. The van der Waals surface area contributed by atoms with Gasteiger partial charge in [0.1, 0.15) is 5.38 Å². The Bertz CT molecular complexity index is 402. The van der Waals surface area contributed by atoms with Crippen molar-refractivity contribution in [2.24, 2.45) is 23.2 Å². The first-order valence-corrected chi connectivity index (χ1v) is 8.42. The number of esters is 1. The average molecular weight is 314 g/mol. The molecule has 0 heterocycles. The summed E-state index contributed by atoms with van der Waals surface area (Å²) in [5.74, 6) is 2.08. The molecule has 4 bridgehead atoms. The zero-order valence-electron chi connectivity index (χ0n) is 12.6. The molecule has 0 aliphatic heterocycles. The molecule has 5 heteroatoms. The Balaban J connectivity index is 1.52. The van der Waals surface area contributed by atoms with Crippen LogP contribution in [0.5, 0.6) is 0 Å². The highest BCUT2D eigenvalue weighted by molar-refractivity contribution is 6.30. The van der Waals surface area contributed by atoms with Gasteiger partial charge in [0.05, 0.1) is 7.11 Å². The van der Waals surface area contributed by atoms with Gasteiger partial charge >= 0.3 is 5.97 Å². The minimum atomic E-state index is -0.796. The van der Waals surface area contributed by atoms with Gasteiger partial charge in [0.15, 0.2) is 0 Å². The summed E-state index contributed by atoms with van der Waals surface area (Å²) >= 11 is 5.86. The number of halogens is 1. The molecule has 1 N–H and O–H groups in total. The van der Waals surface area contributed by atoms with Crippen molar-refractivity contribution in [3.05, 3.63) is 0 Å². The summed E-state index contributed by atoms with van der Waals surface area (Å²) < 4.78 is 4.56. The molecular formula is C16H24ClNO3. The van der Waals surface area contributed by atoms with E-state index in [1.807, 2.05) is 0 Å². The van der Waals surface area contributed by atoms with Crippen LogP contribution in [-0.4, -0.2) is 30.9 Å². The minimum absolute atomic E-state index is 0.0338. The van der Waals surface area contributed by atoms with Gasteiger partial charge in [0.2, 0.25) is 5.91 Å². The molecule has 4 saturated carbocycles. The van der Waals surface area contributed by atoms with Gasteiger partial charge < -0.3 is 10.1 Å². The van der Waals surface area contributed by atoms with Gasteiger partial charge in [0.25, 0.3) is 0 Å². The van der Waals surface area contributed by atoms with Crippen LogP contribution < -0.4 is 5.32 Å². The Hall–Kier alpha value is -0.770. The van der Waals surface area contributed by atoms with Crippen molar-refractivity contribution >= 4 is 23.5 Å². The normalized spacial score (nSPS) is 38.1. The van der Waals surface area contributed by atoms with Gasteiger partial charge in [-0.15, -0.1) is 11.6 Å². The lowest BCUT2D eigenvalue weighted by molar-refractivity contribution is -0.140. The van der Waals surface area contributed by atoms with Crippen LogP contribution in [0.4, 0.5) is 0 Å². The highest BCUT2D eigenvalue weighted by Gasteiger charge is 2.51. The fraction of sp³-hybridized carbons (Fsp3) is 0.875. The van der Waals surface area contributed by atoms with Crippen LogP contribution in [0.2, 0.25) is 0 Å². The number of ether oxygens (including phenoxy) is 1. The lowest BCUT2D eigenvalue weighted by Crippen LogP contribution is -2.48. The topological polar surface area (TPSA) is 55.4 Å². The Kier molecular flexibility index (Phi) is 4.17. The van der Waals surface area contributed by atoms with E-state index < -0.39 is 11.3 Å². The first-order chi connectivity index (χ1) is 9.99. The number of nitrogens with one attached hydrogen (secondary N) is 1. The fourth-order valence-corrected chi connectivity index (χ4v) is 5.49. The number of methoxy groups -OCH3 is 1. The van der Waals surface area contributed by atoms with Crippen LogP contribution in [0.15, 0.2) is 0 Å². The molecule has 21 heavy (non-hydrogen) atoms. The molecule has 0 aromatic heterocycles. The molecule has 1 amide bonds. The summed E-state index contributed by atoms with van der Waals surface area (Å²) in [5, 5.41) is 2.00. The average Bonchev–Trinajstić information content (AvgIpc) is 2.41. The largest absolute Gasteiger partial charge is 0.468 e. The van der Waals surface area contributed by atoms with Gasteiger partial charge in [-0.05, 0) is 61.7 Å². The molecule has 0 aromatic rings. The summed E-state index contributed by atoms with van der Waals surface area (Å²) in [6.45, 7) is 0.152. The first-order valence-electron chi connectivity index (χ1n) is 7.98. The number of alkyl halides is 1. The predicted molar refractivity (Wildman–Crippen MR) is 79.9 cm³/mol. The number of carbonyl (C=O) groups excluding carboxylic acids is 2. The van der Waals surface area contributed by atoms with E-state index in [1.54, 1.807) is 0 Å². The van der Waals surface area contributed by atoms with Gasteiger partial charge in [-0.25, -0.2) is 0 Å². The van der Waals surface area contributed by atoms with Crippen molar-refractivity contribution in [2.75, 3.05) is 13.7 Å². The molecule has 0 spiro atoms. The maximum atomic E-state index is 12.2. The van der Waals surface area contributed by atoms with E-state index in [1.165, 1.54) is 45.6 Å². The second kappa shape index (κ2) is 5.79. The molecule has 4 aliphatic carbocycles. The maximum absolute atomic E-state index is 12.2. The monoisotopic (exact) mass is 313 g/mol. The Labute approximate surface area is 130 Å². The van der Waals surface area contributed by atoms with E-state index in [9.17, 15) is 9.59 Å². The number of hydrogen-bond donors (Lipinski definition) is 1. The standard InChI is InChI=1S/C16H24ClNO3/c1-21-15(20)13(17)9-18-14(19)8-16-5-10-2-11(6-16)4-12(3-10)7-16/h10-13H,2-9H2,1H3,(H,18,19). The van der Waals surface area contributed by atoms with Gasteiger partial charge in [-0.2, -0.15) is 0 Å². The molecule has 4 fully saturated rings. The summed E-state index contributed by atoms with van der Waals surface area (Å²) in [7, 11) is 1.30. The third-order valence-electron chi connectivity index (χ3n) is 5.64. The third kappa shape index (κ3) is 3.20. The van der Waals surface area contributed by atoms with Crippen LogP contribution in [0.25, 0.3) is 0 Å². The highest BCUT2D eigenvalue weighted by atomic mass is 35.5. The molecule has 4 rings (SSSR count). The molecule has 4 aliphatic rings. The molecule has 0 saturated heterocycles. The first kappa shape index (κ1) is 15.1. The Morgan fingerprint density at radius 2 is 1.71 bits per heavy atom. The summed E-state index contributed by atoms with van der Waals surface area (Å²) in [5.41, 5.74) is 0.228. The van der Waals surface area contributed by atoms with Crippen molar-refractivity contribution in [3.63, 3.8) is 0 Å². The number of amides is 1. The van der Waals surface area contributed by atoms with E-state index in [-0.39, 0.29) is 17.9 Å². The quantitative estimate of drug-likeness (QED) is 0.626. The Morgan fingerprint density at radius 3 is 2.19 bits per heavy atom. The van der Waals surface area contributed by atoms with E-state index in [2.05, 4.69) is 10.1 Å². The van der Waals surface area contributed by atoms with Crippen LogP contribution in [-0.2, 0) is 14.3 Å². The zero-order valence-corrected chi connectivity index (χ0v) is 13.3. The zero-order chi connectivity index (χ0) is 15.0. The number of rotatable bonds is 5. The minimum Gasteiger partial charge on any atom is -0.468 e. The lowest BCUT2D eigenvalue weighted by atomic mass is 9.49. The van der Waals surface area contributed by atoms with E-state index >= 15 is 0 Å². The molecule has 0 radical (unpaired) electrons. The maximum Gasteiger partial charge on any atom is 0.325 e. The van der Waals surface area contributed by atoms with Gasteiger partial charge in [-0.3, -0.25) is 9.59 Å². The number of carbonyl (C=O) groups is 2. The van der Waals surface area contributed by atoms with Crippen LogP contribution in [0.1, 0.15) is 44.9 Å². The Morgan fingerprint density at radius 1 is 1.19 bits per heavy atom. The summed E-state index contributed by atoms with van der Waals surface area (Å²) in [4.78, 5) is 23.5. The second-order valence-electron chi connectivity index (χ2n) is 7.39. The lowest BCUT2D eigenvalue weighted by Gasteiger charge is -2.56.